The minimum atomic E-state index is 0.145. The average molecular weight is 386 g/mol. The van der Waals surface area contributed by atoms with Crippen molar-refractivity contribution < 1.29 is 9.52 Å². The zero-order valence-corrected chi connectivity index (χ0v) is 16.3. The molecule has 4 heterocycles. The Morgan fingerprint density at radius 3 is 2.72 bits per heavy atom. The summed E-state index contributed by atoms with van der Waals surface area (Å²) in [6.45, 7) is 2.87. The SMILES string of the molecule is Cc1nc2cc(O)c(-c3ccc4nc([C@H]5CCNC6(CC6)C5)ccc4n3)cc2o1. The highest BCUT2D eigenvalue weighted by Crippen LogP contribution is 2.46. The van der Waals surface area contributed by atoms with E-state index in [2.05, 4.69) is 22.4 Å². The zero-order chi connectivity index (χ0) is 19.6. The summed E-state index contributed by atoms with van der Waals surface area (Å²) in [5.74, 6) is 1.24. The summed E-state index contributed by atoms with van der Waals surface area (Å²) in [5, 5.41) is 14.1. The fraction of sp³-hybridized carbons (Fsp3) is 0.348. The van der Waals surface area contributed by atoms with Crippen LogP contribution in [0.5, 0.6) is 5.75 Å². The van der Waals surface area contributed by atoms with Gasteiger partial charge in [0, 0.05) is 35.7 Å². The lowest BCUT2D eigenvalue weighted by Gasteiger charge is -2.30. The lowest BCUT2D eigenvalue weighted by Crippen LogP contribution is -2.39. The molecule has 4 aromatic rings. The van der Waals surface area contributed by atoms with E-state index >= 15 is 0 Å². The number of phenolic OH excluding ortho intramolecular Hbond substituents is 1. The third kappa shape index (κ3) is 2.86. The van der Waals surface area contributed by atoms with Gasteiger partial charge in [0.1, 0.15) is 11.3 Å². The van der Waals surface area contributed by atoms with Crippen molar-refractivity contribution in [3.8, 4) is 17.0 Å². The molecule has 6 rings (SSSR count). The van der Waals surface area contributed by atoms with E-state index in [9.17, 15) is 5.11 Å². The molecule has 146 valence electrons. The summed E-state index contributed by atoms with van der Waals surface area (Å²) in [5.41, 5.74) is 5.89. The molecular formula is C23H22N4O2. The molecule has 2 N–H and O–H groups in total. The van der Waals surface area contributed by atoms with Gasteiger partial charge in [0.15, 0.2) is 11.5 Å². The van der Waals surface area contributed by atoms with Crippen LogP contribution in [-0.4, -0.2) is 32.1 Å². The quantitative estimate of drug-likeness (QED) is 0.529. The molecule has 0 radical (unpaired) electrons. The Morgan fingerprint density at radius 2 is 1.86 bits per heavy atom. The summed E-state index contributed by atoms with van der Waals surface area (Å²) in [4.78, 5) is 13.9. The molecule has 29 heavy (non-hydrogen) atoms. The van der Waals surface area contributed by atoms with Crippen molar-refractivity contribution in [2.24, 2.45) is 0 Å². The second-order valence-corrected chi connectivity index (χ2v) is 8.44. The van der Waals surface area contributed by atoms with Crippen LogP contribution >= 0.6 is 0 Å². The van der Waals surface area contributed by atoms with Crippen LogP contribution in [0, 0.1) is 6.92 Å². The zero-order valence-electron chi connectivity index (χ0n) is 16.3. The van der Waals surface area contributed by atoms with Crippen LogP contribution < -0.4 is 5.32 Å². The molecule has 2 fully saturated rings. The van der Waals surface area contributed by atoms with Gasteiger partial charge in [-0.05, 0) is 62.6 Å². The van der Waals surface area contributed by atoms with E-state index in [1.165, 1.54) is 25.0 Å². The Balaban J connectivity index is 1.37. The maximum absolute atomic E-state index is 10.5. The lowest BCUT2D eigenvalue weighted by molar-refractivity contribution is 0.342. The minimum absolute atomic E-state index is 0.145. The Hall–Kier alpha value is -2.99. The van der Waals surface area contributed by atoms with Gasteiger partial charge in [-0.25, -0.2) is 9.97 Å². The van der Waals surface area contributed by atoms with Crippen molar-refractivity contribution in [1.29, 1.82) is 0 Å². The van der Waals surface area contributed by atoms with Gasteiger partial charge < -0.3 is 14.8 Å². The summed E-state index contributed by atoms with van der Waals surface area (Å²) < 4.78 is 5.61. The van der Waals surface area contributed by atoms with Gasteiger partial charge in [-0.1, -0.05) is 0 Å². The molecule has 1 atom stereocenters. The number of hydrogen-bond acceptors (Lipinski definition) is 6. The van der Waals surface area contributed by atoms with E-state index in [-0.39, 0.29) is 5.75 Å². The van der Waals surface area contributed by atoms with Crippen molar-refractivity contribution in [3.63, 3.8) is 0 Å². The van der Waals surface area contributed by atoms with E-state index in [1.54, 1.807) is 19.1 Å². The number of benzene rings is 1. The number of nitrogens with zero attached hydrogens (tertiary/aromatic N) is 3. The highest BCUT2D eigenvalue weighted by atomic mass is 16.3. The number of rotatable bonds is 2. The molecule has 6 heteroatoms. The van der Waals surface area contributed by atoms with E-state index in [0.29, 0.717) is 39.7 Å². The van der Waals surface area contributed by atoms with Gasteiger partial charge in [0.2, 0.25) is 0 Å². The monoisotopic (exact) mass is 386 g/mol. The Labute approximate surface area is 168 Å². The van der Waals surface area contributed by atoms with Gasteiger partial charge in [-0.15, -0.1) is 0 Å². The highest BCUT2D eigenvalue weighted by Gasteiger charge is 2.46. The number of fused-ring (bicyclic) bond motifs is 2. The second-order valence-electron chi connectivity index (χ2n) is 8.44. The van der Waals surface area contributed by atoms with Crippen LogP contribution in [-0.2, 0) is 0 Å². The van der Waals surface area contributed by atoms with Gasteiger partial charge in [0.25, 0.3) is 0 Å². The first-order chi connectivity index (χ1) is 14.1. The topological polar surface area (TPSA) is 84.1 Å². The first kappa shape index (κ1) is 16.9. The molecule has 0 amide bonds. The molecule has 0 bridgehead atoms. The van der Waals surface area contributed by atoms with Crippen molar-refractivity contribution in [2.45, 2.75) is 44.1 Å². The van der Waals surface area contributed by atoms with Gasteiger partial charge in [-0.3, -0.25) is 4.98 Å². The Bertz CT molecular complexity index is 1260. The van der Waals surface area contributed by atoms with E-state index < -0.39 is 0 Å². The Kier molecular flexibility index (Phi) is 3.50. The van der Waals surface area contributed by atoms with Gasteiger partial charge in [-0.2, -0.15) is 0 Å². The van der Waals surface area contributed by atoms with Crippen LogP contribution in [0.3, 0.4) is 0 Å². The fourth-order valence-electron chi connectivity index (χ4n) is 4.63. The summed E-state index contributed by atoms with van der Waals surface area (Å²) >= 11 is 0. The van der Waals surface area contributed by atoms with Crippen molar-refractivity contribution in [1.82, 2.24) is 20.3 Å². The molecule has 1 aromatic carbocycles. The van der Waals surface area contributed by atoms with Gasteiger partial charge in [0.05, 0.1) is 16.7 Å². The third-order valence-electron chi connectivity index (χ3n) is 6.35. The fourth-order valence-corrected chi connectivity index (χ4v) is 4.63. The molecule has 3 aromatic heterocycles. The Morgan fingerprint density at radius 1 is 1.03 bits per heavy atom. The molecule has 1 aliphatic carbocycles. The largest absolute Gasteiger partial charge is 0.507 e. The molecule has 2 aliphatic rings. The molecular weight excluding hydrogens is 364 g/mol. The average Bonchev–Trinajstić information content (AvgIpc) is 3.36. The van der Waals surface area contributed by atoms with Gasteiger partial charge >= 0.3 is 0 Å². The summed E-state index contributed by atoms with van der Waals surface area (Å²) in [7, 11) is 0. The lowest BCUT2D eigenvalue weighted by atomic mass is 9.88. The predicted molar refractivity (Wildman–Crippen MR) is 111 cm³/mol. The van der Waals surface area contributed by atoms with Crippen LogP contribution in [0.4, 0.5) is 0 Å². The number of oxazole rings is 1. The normalized spacial score (nSPS) is 20.5. The summed E-state index contributed by atoms with van der Waals surface area (Å²) in [6, 6.07) is 11.5. The van der Waals surface area contributed by atoms with Crippen molar-refractivity contribution in [2.75, 3.05) is 6.54 Å². The molecule has 1 saturated carbocycles. The highest BCUT2D eigenvalue weighted by molar-refractivity contribution is 5.86. The van der Waals surface area contributed by atoms with Crippen molar-refractivity contribution in [3.05, 3.63) is 48.0 Å². The number of aromatic hydroxyl groups is 1. The number of phenols is 1. The minimum Gasteiger partial charge on any atom is -0.507 e. The van der Waals surface area contributed by atoms with Crippen LogP contribution in [0.1, 0.15) is 43.2 Å². The van der Waals surface area contributed by atoms with Crippen LogP contribution in [0.2, 0.25) is 0 Å². The molecule has 0 unspecified atom stereocenters. The van der Waals surface area contributed by atoms with E-state index in [1.807, 2.05) is 12.1 Å². The molecule has 1 spiro atoms. The number of aromatic nitrogens is 3. The van der Waals surface area contributed by atoms with E-state index in [0.717, 1.165) is 24.0 Å². The molecule has 1 saturated heterocycles. The standard InChI is InChI=1S/C23H22N4O2/c1-13-25-20-11-21(28)15(10-22(20)29-13)17-3-5-18-19(27-17)4-2-16(26-18)14-6-9-24-23(12-14)7-8-23/h2-5,10-11,14,24,28H,6-9,12H2,1H3/t14-/m0/s1. The first-order valence-electron chi connectivity index (χ1n) is 10.2. The number of piperidine rings is 1. The third-order valence-corrected chi connectivity index (χ3v) is 6.35. The van der Waals surface area contributed by atoms with E-state index in [4.69, 9.17) is 14.4 Å². The predicted octanol–water partition coefficient (Wildman–Crippen LogP) is 4.45. The van der Waals surface area contributed by atoms with Crippen molar-refractivity contribution >= 4 is 22.1 Å². The molecule has 1 aliphatic heterocycles. The number of hydrogen-bond donors (Lipinski definition) is 2. The van der Waals surface area contributed by atoms with Crippen LogP contribution in [0.25, 0.3) is 33.4 Å². The summed E-state index contributed by atoms with van der Waals surface area (Å²) in [6.07, 6.45) is 4.90. The number of nitrogens with one attached hydrogen (secondary N) is 1. The smallest absolute Gasteiger partial charge is 0.192 e. The number of aryl methyl sites for hydroxylation is 1. The van der Waals surface area contributed by atoms with Crippen LogP contribution in [0.15, 0.2) is 40.8 Å². The second kappa shape index (κ2) is 6.00. The molecule has 6 nitrogen and oxygen atoms in total. The first-order valence-corrected chi connectivity index (χ1v) is 10.2. The maximum atomic E-state index is 10.5. The number of pyridine rings is 2. The maximum Gasteiger partial charge on any atom is 0.192 e.